The van der Waals surface area contributed by atoms with Crippen LogP contribution >= 0.6 is 22.9 Å². The summed E-state index contributed by atoms with van der Waals surface area (Å²) in [6.45, 7) is -0.149. The lowest BCUT2D eigenvalue weighted by Gasteiger charge is -2.09. The quantitative estimate of drug-likeness (QED) is 0.447. The number of H-pyrrole nitrogens is 1. The number of thiophene rings is 1. The minimum absolute atomic E-state index is 0.0598. The summed E-state index contributed by atoms with van der Waals surface area (Å²) < 4.78 is 18.8. The van der Waals surface area contributed by atoms with Crippen LogP contribution in [0.25, 0.3) is 10.7 Å². The van der Waals surface area contributed by atoms with E-state index in [1.54, 1.807) is 5.38 Å². The fraction of sp³-hybridized carbons (Fsp3) is 0.111. The van der Waals surface area contributed by atoms with E-state index in [9.17, 15) is 23.9 Å². The van der Waals surface area contributed by atoms with Crippen molar-refractivity contribution in [1.29, 1.82) is 0 Å². The molecule has 0 radical (unpaired) electrons. The first-order valence-electron chi connectivity index (χ1n) is 8.29. The zero-order chi connectivity index (χ0) is 21.8. The zero-order valence-corrected chi connectivity index (χ0v) is 16.5. The second-order valence-corrected chi connectivity index (χ2v) is 7.11. The third-order valence-electron chi connectivity index (χ3n) is 3.86. The maximum absolute atomic E-state index is 13.7. The first-order chi connectivity index (χ1) is 14.3. The molecule has 1 amide bonds. The normalized spacial score (nSPS) is 10.6. The third-order valence-corrected chi connectivity index (χ3v) is 5.14. The average Bonchev–Trinajstić information content (AvgIpc) is 3.14. The lowest BCUT2D eigenvalue weighted by atomic mass is 10.1. The number of amides is 1. The van der Waals surface area contributed by atoms with E-state index in [1.807, 2.05) is 0 Å². The van der Waals surface area contributed by atoms with Crippen molar-refractivity contribution in [3.8, 4) is 16.5 Å². The van der Waals surface area contributed by atoms with Crippen LogP contribution in [0.15, 0.2) is 34.4 Å². The van der Waals surface area contributed by atoms with Gasteiger partial charge in [-0.05, 0) is 23.6 Å². The van der Waals surface area contributed by atoms with E-state index in [4.69, 9.17) is 21.4 Å². The summed E-state index contributed by atoms with van der Waals surface area (Å²) >= 11 is 6.98. The number of halogens is 2. The Morgan fingerprint density at radius 1 is 1.33 bits per heavy atom. The second-order valence-electron chi connectivity index (χ2n) is 5.79. The van der Waals surface area contributed by atoms with Gasteiger partial charge in [-0.2, -0.15) is 0 Å². The van der Waals surface area contributed by atoms with Gasteiger partial charge in [-0.3, -0.25) is 10.1 Å². The molecular formula is C18H13ClFN3O6S. The predicted octanol–water partition coefficient (Wildman–Crippen LogP) is 3.49. The number of nitrogens with one attached hydrogen (secondary N) is 2. The Bertz CT molecular complexity index is 1160. The molecule has 30 heavy (non-hydrogen) atoms. The summed E-state index contributed by atoms with van der Waals surface area (Å²) in [5, 5.41) is 22.8. The van der Waals surface area contributed by atoms with Gasteiger partial charge in [0.1, 0.15) is 5.82 Å². The molecule has 0 fully saturated rings. The number of benzene rings is 1. The van der Waals surface area contributed by atoms with Crippen molar-refractivity contribution < 1.29 is 28.9 Å². The minimum Gasteiger partial charge on any atom is -0.501 e. The van der Waals surface area contributed by atoms with Crippen molar-refractivity contribution in [2.24, 2.45) is 0 Å². The standard InChI is InChI=1S/C18H13ClFN3O6S/c19-9-2-1-3-10(20)8(9)4-6-29-18(28)21-11-5-7-30-14(11)15-22-12(17(26)27)13(24)16(25)23-15/h1-3,5,7,24H,4,6H2,(H,21,28)(H,26,27)(H,22,23,25). The van der Waals surface area contributed by atoms with Crippen LogP contribution in [0.4, 0.5) is 14.9 Å². The van der Waals surface area contributed by atoms with Gasteiger partial charge in [0.05, 0.1) is 17.2 Å². The van der Waals surface area contributed by atoms with Crippen LogP contribution in [0.3, 0.4) is 0 Å². The van der Waals surface area contributed by atoms with Crippen molar-refractivity contribution >= 4 is 40.7 Å². The topological polar surface area (TPSA) is 142 Å². The molecule has 156 valence electrons. The van der Waals surface area contributed by atoms with Crippen LogP contribution in [0, 0.1) is 5.82 Å². The van der Waals surface area contributed by atoms with Crippen molar-refractivity contribution in [3.05, 3.63) is 62.1 Å². The lowest BCUT2D eigenvalue weighted by molar-refractivity contribution is 0.0686. The maximum atomic E-state index is 13.7. The van der Waals surface area contributed by atoms with Gasteiger partial charge in [-0.25, -0.2) is 19.0 Å². The molecule has 0 aliphatic heterocycles. The molecular weight excluding hydrogens is 441 g/mol. The van der Waals surface area contributed by atoms with Crippen LogP contribution < -0.4 is 10.9 Å². The van der Waals surface area contributed by atoms with Crippen LogP contribution in [-0.4, -0.2) is 38.9 Å². The highest BCUT2D eigenvalue weighted by atomic mass is 35.5. The molecule has 3 rings (SSSR count). The molecule has 1 aromatic carbocycles. The molecule has 2 heterocycles. The van der Waals surface area contributed by atoms with Gasteiger partial charge in [0, 0.05) is 17.0 Å². The van der Waals surface area contributed by atoms with E-state index in [1.165, 1.54) is 24.3 Å². The Balaban J connectivity index is 1.71. The summed E-state index contributed by atoms with van der Waals surface area (Å²) in [6, 6.07) is 5.72. The molecule has 0 atom stereocenters. The number of aromatic hydroxyl groups is 1. The number of anilines is 1. The van der Waals surface area contributed by atoms with Crippen LogP contribution in [-0.2, 0) is 11.2 Å². The molecule has 0 aliphatic rings. The molecule has 0 saturated carbocycles. The smallest absolute Gasteiger partial charge is 0.411 e. The van der Waals surface area contributed by atoms with Gasteiger partial charge in [-0.1, -0.05) is 17.7 Å². The highest BCUT2D eigenvalue weighted by Gasteiger charge is 2.20. The first-order valence-corrected chi connectivity index (χ1v) is 9.54. The zero-order valence-electron chi connectivity index (χ0n) is 14.9. The number of ether oxygens (including phenoxy) is 1. The number of rotatable bonds is 6. The molecule has 0 aliphatic carbocycles. The van der Waals surface area contributed by atoms with Crippen LogP contribution in [0.1, 0.15) is 16.1 Å². The molecule has 3 aromatic rings. The SMILES string of the molecule is O=C(Nc1ccsc1-c1nc(C(=O)O)c(O)c(=O)[nH]1)OCCc1c(F)cccc1Cl. The Morgan fingerprint density at radius 3 is 2.80 bits per heavy atom. The lowest BCUT2D eigenvalue weighted by Crippen LogP contribution is -2.17. The monoisotopic (exact) mass is 453 g/mol. The molecule has 0 saturated heterocycles. The number of aromatic carboxylic acids is 1. The predicted molar refractivity (Wildman–Crippen MR) is 107 cm³/mol. The van der Waals surface area contributed by atoms with E-state index in [0.29, 0.717) is 0 Å². The Labute approximate surface area is 176 Å². The number of carboxylic acids is 1. The Kier molecular flexibility index (Phi) is 6.33. The molecule has 4 N–H and O–H groups in total. The van der Waals surface area contributed by atoms with E-state index in [0.717, 1.165) is 11.3 Å². The largest absolute Gasteiger partial charge is 0.501 e. The average molecular weight is 454 g/mol. The maximum Gasteiger partial charge on any atom is 0.411 e. The summed E-state index contributed by atoms with van der Waals surface area (Å²) in [7, 11) is 0. The van der Waals surface area contributed by atoms with Gasteiger partial charge >= 0.3 is 12.1 Å². The number of carbonyl (C=O) groups excluding carboxylic acids is 1. The third kappa shape index (κ3) is 4.58. The van der Waals surface area contributed by atoms with Gasteiger partial charge in [0.25, 0.3) is 5.56 Å². The molecule has 12 heteroatoms. The van der Waals surface area contributed by atoms with Crippen molar-refractivity contribution in [3.63, 3.8) is 0 Å². The first kappa shape index (κ1) is 21.3. The van der Waals surface area contributed by atoms with E-state index < -0.39 is 34.9 Å². The summed E-state index contributed by atoms with van der Waals surface area (Å²) in [5.41, 5.74) is -1.45. The minimum atomic E-state index is -1.59. The Morgan fingerprint density at radius 2 is 2.10 bits per heavy atom. The number of carboxylic acid groups (broad SMARTS) is 1. The number of carbonyl (C=O) groups is 2. The number of hydrogen-bond acceptors (Lipinski definition) is 7. The number of nitrogens with zero attached hydrogens (tertiary/aromatic N) is 1. The van der Waals surface area contributed by atoms with Crippen LogP contribution in [0.2, 0.25) is 5.02 Å². The van der Waals surface area contributed by atoms with Gasteiger partial charge in [0.15, 0.2) is 11.5 Å². The fourth-order valence-corrected chi connectivity index (χ4v) is 3.53. The number of aromatic amines is 1. The van der Waals surface area contributed by atoms with Gasteiger partial charge < -0.3 is 19.9 Å². The molecule has 0 unspecified atom stereocenters. The van der Waals surface area contributed by atoms with E-state index >= 15 is 0 Å². The highest BCUT2D eigenvalue weighted by Crippen LogP contribution is 2.31. The van der Waals surface area contributed by atoms with Crippen molar-refractivity contribution in [2.45, 2.75) is 6.42 Å². The fourth-order valence-electron chi connectivity index (χ4n) is 2.48. The number of aromatic nitrogens is 2. The van der Waals surface area contributed by atoms with Crippen molar-refractivity contribution in [1.82, 2.24) is 9.97 Å². The van der Waals surface area contributed by atoms with Gasteiger partial charge in [0.2, 0.25) is 5.75 Å². The van der Waals surface area contributed by atoms with E-state index in [2.05, 4.69) is 15.3 Å². The molecule has 0 bridgehead atoms. The molecule has 0 spiro atoms. The van der Waals surface area contributed by atoms with Crippen LogP contribution in [0.5, 0.6) is 5.75 Å². The van der Waals surface area contributed by atoms with E-state index in [-0.39, 0.29) is 40.0 Å². The Hall–Kier alpha value is -3.44. The highest BCUT2D eigenvalue weighted by molar-refractivity contribution is 7.14. The number of hydrogen-bond donors (Lipinski definition) is 4. The molecule has 9 nitrogen and oxygen atoms in total. The second kappa shape index (κ2) is 8.93. The summed E-state index contributed by atoms with van der Waals surface area (Å²) in [4.78, 5) is 41.2. The van der Waals surface area contributed by atoms with Gasteiger partial charge in [-0.15, -0.1) is 11.3 Å². The molecule has 2 aromatic heterocycles. The summed E-state index contributed by atoms with van der Waals surface area (Å²) in [5.74, 6) is -3.28. The summed E-state index contributed by atoms with van der Waals surface area (Å²) in [6.07, 6.45) is -0.800. The van der Waals surface area contributed by atoms with Crippen molar-refractivity contribution in [2.75, 3.05) is 11.9 Å².